The van der Waals surface area contributed by atoms with Crippen LogP contribution in [0.4, 0.5) is 0 Å². The van der Waals surface area contributed by atoms with Crippen molar-refractivity contribution < 1.29 is 77.5 Å². The van der Waals surface area contributed by atoms with Crippen LogP contribution in [0.1, 0.15) is 6.23 Å². The molecule has 2 saturated heterocycles. The van der Waals surface area contributed by atoms with Gasteiger partial charge in [0.05, 0.1) is 25.9 Å². The molecule has 7 unspecified atom stereocenters. The summed E-state index contributed by atoms with van der Waals surface area (Å²) in [6.45, 7) is -1.98. The average molecular weight is 620 g/mol. The smallest absolute Gasteiger partial charge is 0.394 e. The van der Waals surface area contributed by atoms with E-state index >= 15 is 0 Å². The Morgan fingerprint density at radius 1 is 1.00 bits per heavy atom. The standard InChI is InChI=1S/C17H26N4O17P2/c22-1-5(23)13-10(26)9(25)12(28)17(36-13)37-40(32,33)38-39(30,31)34-2-6-8(24)11(27)16(35-6)21-4-20-7-14(21)18-3-19-15(7)29/h3-6,8-13,16-17,22-28H,1-2H2,(H,30,31)(H,32,33)(H,18,19,29)/t5-,6-,8?,9?,10+,11?,12?,13?,16-,17+/m1/s1. The first-order chi connectivity index (χ1) is 18.7. The van der Waals surface area contributed by atoms with E-state index in [2.05, 4.69) is 28.3 Å². The second-order valence-electron chi connectivity index (χ2n) is 8.71. The molecule has 40 heavy (non-hydrogen) atoms. The molecule has 4 rings (SSSR count). The van der Waals surface area contributed by atoms with Crippen molar-refractivity contribution in [1.29, 1.82) is 0 Å². The van der Waals surface area contributed by atoms with Crippen molar-refractivity contribution in [2.45, 2.75) is 61.3 Å². The van der Waals surface area contributed by atoms with Crippen LogP contribution in [0.3, 0.4) is 0 Å². The maximum Gasteiger partial charge on any atom is 0.483 e. The summed E-state index contributed by atoms with van der Waals surface area (Å²) in [5, 5.41) is 69.2. The Labute approximate surface area is 222 Å². The highest BCUT2D eigenvalue weighted by Gasteiger charge is 2.51. The van der Waals surface area contributed by atoms with Gasteiger partial charge >= 0.3 is 15.6 Å². The van der Waals surface area contributed by atoms with Gasteiger partial charge in [-0.05, 0) is 0 Å². The lowest BCUT2D eigenvalue weighted by molar-refractivity contribution is -0.292. The van der Waals surface area contributed by atoms with Crippen LogP contribution in [0, 0.1) is 0 Å². The zero-order valence-electron chi connectivity index (χ0n) is 19.9. The molecular weight excluding hydrogens is 594 g/mol. The first-order valence-electron chi connectivity index (χ1n) is 11.3. The first kappa shape index (κ1) is 31.2. The van der Waals surface area contributed by atoms with E-state index in [-0.39, 0.29) is 11.2 Å². The highest BCUT2D eigenvalue weighted by molar-refractivity contribution is 7.61. The van der Waals surface area contributed by atoms with E-state index in [1.807, 2.05) is 0 Å². The van der Waals surface area contributed by atoms with Crippen molar-refractivity contribution in [3.8, 4) is 0 Å². The van der Waals surface area contributed by atoms with Crippen LogP contribution in [-0.2, 0) is 32.0 Å². The van der Waals surface area contributed by atoms with Gasteiger partial charge in [0.15, 0.2) is 23.7 Å². The molecule has 0 amide bonds. The van der Waals surface area contributed by atoms with Gasteiger partial charge < -0.3 is 60.0 Å². The lowest BCUT2D eigenvalue weighted by Gasteiger charge is -2.41. The number of ether oxygens (including phenoxy) is 2. The van der Waals surface area contributed by atoms with Gasteiger partial charge in [-0.2, -0.15) is 4.31 Å². The van der Waals surface area contributed by atoms with Crippen molar-refractivity contribution in [2.75, 3.05) is 13.2 Å². The number of aliphatic hydroxyl groups is 7. The van der Waals surface area contributed by atoms with Gasteiger partial charge in [0.1, 0.15) is 48.8 Å². The fourth-order valence-electron chi connectivity index (χ4n) is 4.00. The molecule has 2 aliphatic heterocycles. The van der Waals surface area contributed by atoms with Crippen LogP contribution in [0.15, 0.2) is 17.4 Å². The third-order valence-electron chi connectivity index (χ3n) is 5.99. The summed E-state index contributed by atoms with van der Waals surface area (Å²) in [5.74, 6) is 0. The molecule has 4 heterocycles. The minimum Gasteiger partial charge on any atom is -0.394 e. The van der Waals surface area contributed by atoms with Crippen LogP contribution in [0.25, 0.3) is 11.2 Å². The molecule has 23 heteroatoms. The Morgan fingerprint density at radius 2 is 1.70 bits per heavy atom. The molecule has 2 aromatic heterocycles. The number of H-pyrrole nitrogens is 1. The maximum absolute atomic E-state index is 12.3. The number of hydrogen-bond acceptors (Lipinski definition) is 17. The summed E-state index contributed by atoms with van der Waals surface area (Å²) in [4.78, 5) is 41.7. The van der Waals surface area contributed by atoms with E-state index in [0.717, 1.165) is 17.2 Å². The molecular formula is C17H26N4O17P2. The van der Waals surface area contributed by atoms with Crippen LogP contribution in [0.2, 0.25) is 0 Å². The Kier molecular flexibility index (Phi) is 9.25. The van der Waals surface area contributed by atoms with Gasteiger partial charge in [0, 0.05) is 0 Å². The number of rotatable bonds is 10. The number of imidazole rings is 1. The van der Waals surface area contributed by atoms with Gasteiger partial charge in [-0.1, -0.05) is 0 Å². The fraction of sp³-hybridized carbons (Fsp3) is 0.706. The average Bonchev–Trinajstić information content (AvgIpc) is 3.43. The maximum atomic E-state index is 12.3. The summed E-state index contributed by atoms with van der Waals surface area (Å²) >= 11 is 0. The van der Waals surface area contributed by atoms with Crippen LogP contribution < -0.4 is 5.56 Å². The van der Waals surface area contributed by atoms with Crippen molar-refractivity contribution in [1.82, 2.24) is 19.5 Å². The van der Waals surface area contributed by atoms with E-state index in [1.54, 1.807) is 0 Å². The fourth-order valence-corrected chi connectivity index (χ4v) is 6.16. The quantitative estimate of drug-likeness (QED) is 0.111. The number of fused-ring (bicyclic) bond motifs is 1. The number of phosphoric acid groups is 2. The lowest BCUT2D eigenvalue weighted by Crippen LogP contribution is -2.61. The topological polar surface area (TPSA) is 326 Å². The lowest BCUT2D eigenvalue weighted by atomic mass is 9.96. The summed E-state index contributed by atoms with van der Waals surface area (Å²) in [6.07, 6.45) is -16.4. The van der Waals surface area contributed by atoms with E-state index < -0.39 is 95.8 Å². The van der Waals surface area contributed by atoms with Crippen molar-refractivity contribution in [2.24, 2.45) is 0 Å². The van der Waals surface area contributed by atoms with Crippen molar-refractivity contribution in [3.05, 3.63) is 23.0 Å². The number of nitrogens with one attached hydrogen (secondary N) is 1. The monoisotopic (exact) mass is 620 g/mol. The molecule has 2 aromatic rings. The molecule has 0 saturated carbocycles. The van der Waals surface area contributed by atoms with E-state index in [1.165, 1.54) is 0 Å². The number of aromatic nitrogens is 4. The highest BCUT2D eigenvalue weighted by atomic mass is 31.3. The predicted octanol–water partition coefficient (Wildman–Crippen LogP) is -4.85. The number of aromatic amines is 1. The van der Waals surface area contributed by atoms with Gasteiger partial charge in [0.2, 0.25) is 0 Å². The van der Waals surface area contributed by atoms with E-state index in [0.29, 0.717) is 0 Å². The Hall–Kier alpha value is -1.75. The second-order valence-corrected chi connectivity index (χ2v) is 11.7. The van der Waals surface area contributed by atoms with Gasteiger partial charge in [-0.3, -0.25) is 18.4 Å². The predicted molar refractivity (Wildman–Crippen MR) is 122 cm³/mol. The van der Waals surface area contributed by atoms with E-state index in [9.17, 15) is 54.4 Å². The molecule has 2 aliphatic rings. The van der Waals surface area contributed by atoms with Crippen molar-refractivity contribution in [3.63, 3.8) is 0 Å². The Balaban J connectivity index is 1.38. The molecule has 0 spiro atoms. The molecule has 0 aromatic carbocycles. The molecule has 2 fully saturated rings. The van der Waals surface area contributed by atoms with Gasteiger partial charge in [0.25, 0.3) is 5.56 Å². The minimum absolute atomic E-state index is 0.0189. The molecule has 226 valence electrons. The zero-order chi connectivity index (χ0) is 29.6. The highest BCUT2D eigenvalue weighted by Crippen LogP contribution is 2.61. The Morgan fingerprint density at radius 3 is 2.38 bits per heavy atom. The third-order valence-corrected chi connectivity index (χ3v) is 8.60. The van der Waals surface area contributed by atoms with Crippen molar-refractivity contribution >= 4 is 26.8 Å². The van der Waals surface area contributed by atoms with Gasteiger partial charge in [-0.25, -0.2) is 19.1 Å². The molecule has 0 radical (unpaired) electrons. The van der Waals surface area contributed by atoms with Gasteiger partial charge in [-0.15, -0.1) is 0 Å². The zero-order valence-corrected chi connectivity index (χ0v) is 21.7. The summed E-state index contributed by atoms with van der Waals surface area (Å²) < 4.78 is 49.3. The minimum atomic E-state index is -5.67. The molecule has 10 N–H and O–H groups in total. The van der Waals surface area contributed by atoms with E-state index in [4.69, 9.17) is 14.6 Å². The second kappa shape index (κ2) is 11.9. The molecule has 0 bridgehead atoms. The van der Waals surface area contributed by atoms with Crippen LogP contribution >= 0.6 is 15.6 Å². The molecule has 0 aliphatic carbocycles. The summed E-state index contributed by atoms with van der Waals surface area (Å²) in [5.41, 5.74) is -0.719. The number of hydrogen-bond donors (Lipinski definition) is 10. The normalized spacial score (nSPS) is 36.8. The molecule has 21 nitrogen and oxygen atoms in total. The largest absolute Gasteiger partial charge is 0.483 e. The summed E-state index contributed by atoms with van der Waals surface area (Å²) in [7, 11) is -11.2. The van der Waals surface area contributed by atoms with Crippen LogP contribution in [0.5, 0.6) is 0 Å². The first-order valence-corrected chi connectivity index (χ1v) is 14.2. The number of nitrogens with zero attached hydrogens (tertiary/aromatic N) is 3. The Bertz CT molecular complexity index is 1340. The SMILES string of the molecule is O=c1[nH]cnc2c1ncn2[C@@H]1O[C@H](COP(=O)(O)OP(=O)(O)O[C@@H]2OC([C@H](O)CO)[C@@H](O)C(O)C2O)C(O)C1O. The molecule has 12 atom stereocenters. The third kappa shape index (κ3) is 6.35. The summed E-state index contributed by atoms with van der Waals surface area (Å²) in [6, 6.07) is 0. The van der Waals surface area contributed by atoms with Crippen LogP contribution in [-0.4, -0.2) is 133 Å². The number of phosphoric ester groups is 2. The number of aliphatic hydroxyl groups excluding tert-OH is 7.